The number of hydrogen-bond acceptors (Lipinski definition) is 4. The van der Waals surface area contributed by atoms with E-state index >= 15 is 0 Å². The summed E-state index contributed by atoms with van der Waals surface area (Å²) < 4.78 is 0. The summed E-state index contributed by atoms with van der Waals surface area (Å²) in [5.41, 5.74) is 8.66. The predicted octanol–water partition coefficient (Wildman–Crippen LogP) is 3.26. The first kappa shape index (κ1) is 16.1. The number of hydrogen-bond donors (Lipinski definition) is 2. The van der Waals surface area contributed by atoms with E-state index in [4.69, 9.17) is 5.73 Å². The minimum Gasteiger partial charge on any atom is -0.344 e. The van der Waals surface area contributed by atoms with Crippen LogP contribution in [0.3, 0.4) is 0 Å². The molecule has 1 aromatic heterocycles. The highest BCUT2D eigenvalue weighted by atomic mass is 32.1. The van der Waals surface area contributed by atoms with Crippen molar-refractivity contribution in [1.29, 1.82) is 0 Å². The Morgan fingerprint density at radius 3 is 2.83 bits per heavy atom. The molecule has 2 atom stereocenters. The fourth-order valence-electron chi connectivity index (χ4n) is 3.33. The Morgan fingerprint density at radius 2 is 2.13 bits per heavy atom. The zero-order valence-corrected chi connectivity index (χ0v) is 14.4. The van der Waals surface area contributed by atoms with Gasteiger partial charge in [-0.1, -0.05) is 38.1 Å². The van der Waals surface area contributed by atoms with Gasteiger partial charge in [0.2, 0.25) is 0 Å². The van der Waals surface area contributed by atoms with Crippen LogP contribution >= 0.6 is 11.3 Å². The van der Waals surface area contributed by atoms with Gasteiger partial charge in [0.05, 0.1) is 11.0 Å². The average molecular weight is 329 g/mol. The van der Waals surface area contributed by atoms with E-state index in [0.29, 0.717) is 24.1 Å². The maximum absolute atomic E-state index is 12.5. The molecule has 1 amide bonds. The van der Waals surface area contributed by atoms with Crippen molar-refractivity contribution >= 4 is 17.2 Å². The largest absolute Gasteiger partial charge is 0.344 e. The van der Waals surface area contributed by atoms with Crippen LogP contribution < -0.4 is 11.1 Å². The van der Waals surface area contributed by atoms with Gasteiger partial charge in [-0.15, -0.1) is 11.3 Å². The highest BCUT2D eigenvalue weighted by Gasteiger charge is 2.33. The molecule has 1 aliphatic carbocycles. The number of nitrogens with one attached hydrogen (secondary N) is 1. The topological polar surface area (TPSA) is 68.0 Å². The normalized spacial score (nSPS) is 19.8. The lowest BCUT2D eigenvalue weighted by molar-refractivity contribution is 0.0930. The first-order valence-corrected chi connectivity index (χ1v) is 9.02. The van der Waals surface area contributed by atoms with E-state index in [2.05, 4.69) is 42.3 Å². The number of nitrogens with zero attached hydrogens (tertiary/aromatic N) is 1. The molecule has 4 nitrogen and oxygen atoms in total. The average Bonchev–Trinajstić information content (AvgIpc) is 3.13. The summed E-state index contributed by atoms with van der Waals surface area (Å²) in [6.45, 7) is 5.04. The highest BCUT2D eigenvalue weighted by Crippen LogP contribution is 2.44. The van der Waals surface area contributed by atoms with Crippen molar-refractivity contribution in [2.45, 2.75) is 38.6 Å². The molecule has 3 N–H and O–H groups in total. The third kappa shape index (κ3) is 3.31. The van der Waals surface area contributed by atoms with Gasteiger partial charge < -0.3 is 11.1 Å². The second-order valence-corrected chi connectivity index (χ2v) is 7.35. The van der Waals surface area contributed by atoms with E-state index in [1.165, 1.54) is 22.5 Å². The zero-order valence-electron chi connectivity index (χ0n) is 13.6. The van der Waals surface area contributed by atoms with Crippen LogP contribution in [0.4, 0.5) is 0 Å². The van der Waals surface area contributed by atoms with E-state index < -0.39 is 0 Å². The van der Waals surface area contributed by atoms with Gasteiger partial charge in [0.1, 0.15) is 5.69 Å². The Balaban J connectivity index is 1.76. The molecule has 5 heteroatoms. The summed E-state index contributed by atoms with van der Waals surface area (Å²) >= 11 is 1.50. The molecule has 0 bridgehead atoms. The Kier molecular flexibility index (Phi) is 4.78. The van der Waals surface area contributed by atoms with E-state index in [1.807, 2.05) is 11.4 Å². The van der Waals surface area contributed by atoms with Crippen LogP contribution in [0.15, 0.2) is 29.6 Å². The molecule has 23 heavy (non-hydrogen) atoms. The van der Waals surface area contributed by atoms with Gasteiger partial charge in [-0.3, -0.25) is 4.79 Å². The molecule has 0 saturated carbocycles. The number of fused-ring (bicyclic) bond motifs is 1. The molecule has 122 valence electrons. The molecule has 0 radical (unpaired) electrons. The third-order valence-corrected chi connectivity index (χ3v) is 5.42. The Labute approximate surface area is 141 Å². The number of benzene rings is 1. The van der Waals surface area contributed by atoms with Crippen LogP contribution in [0.25, 0.3) is 0 Å². The molecule has 0 unspecified atom stereocenters. The van der Waals surface area contributed by atoms with Crippen LogP contribution in [0.1, 0.15) is 58.9 Å². The molecule has 3 rings (SSSR count). The lowest BCUT2D eigenvalue weighted by Crippen LogP contribution is -2.27. The monoisotopic (exact) mass is 329 g/mol. The predicted molar refractivity (Wildman–Crippen MR) is 93.7 cm³/mol. The number of rotatable bonds is 5. The highest BCUT2D eigenvalue weighted by molar-refractivity contribution is 7.09. The molecule has 0 saturated heterocycles. The lowest BCUT2D eigenvalue weighted by Gasteiger charge is -2.16. The van der Waals surface area contributed by atoms with Crippen molar-refractivity contribution in [2.75, 3.05) is 6.54 Å². The Morgan fingerprint density at radius 1 is 1.39 bits per heavy atom. The second kappa shape index (κ2) is 6.81. The smallest absolute Gasteiger partial charge is 0.271 e. The first-order valence-electron chi connectivity index (χ1n) is 8.14. The van der Waals surface area contributed by atoms with Gasteiger partial charge in [-0.25, -0.2) is 4.98 Å². The molecule has 1 aromatic carbocycles. The summed E-state index contributed by atoms with van der Waals surface area (Å²) in [7, 11) is 0. The van der Waals surface area contributed by atoms with Gasteiger partial charge in [0.25, 0.3) is 5.91 Å². The van der Waals surface area contributed by atoms with Gasteiger partial charge >= 0.3 is 0 Å². The third-order valence-electron chi connectivity index (χ3n) is 4.51. The molecular weight excluding hydrogens is 306 g/mol. The van der Waals surface area contributed by atoms with Crippen molar-refractivity contribution in [3.05, 3.63) is 51.5 Å². The zero-order chi connectivity index (χ0) is 16.4. The van der Waals surface area contributed by atoms with Gasteiger partial charge in [-0.2, -0.15) is 0 Å². The molecule has 0 spiro atoms. The van der Waals surface area contributed by atoms with E-state index in [1.54, 1.807) is 0 Å². The molecule has 0 aliphatic heterocycles. The summed E-state index contributed by atoms with van der Waals surface area (Å²) in [6, 6.07) is 8.52. The number of carbonyl (C=O) groups excluding carboxylic acids is 1. The molecule has 2 aromatic rings. The number of aromatic nitrogens is 1. The van der Waals surface area contributed by atoms with Crippen molar-refractivity contribution in [1.82, 2.24) is 10.3 Å². The minimum absolute atomic E-state index is 0.0748. The van der Waals surface area contributed by atoms with Gasteiger partial charge in [0, 0.05) is 11.8 Å². The van der Waals surface area contributed by atoms with Crippen molar-refractivity contribution in [3.63, 3.8) is 0 Å². The summed E-state index contributed by atoms with van der Waals surface area (Å²) in [6.07, 6.45) is 1.68. The molecule has 1 aliphatic rings. The maximum Gasteiger partial charge on any atom is 0.271 e. The number of carbonyl (C=O) groups is 1. The fraction of sp³-hybridized carbons (Fsp3) is 0.444. The fourth-order valence-corrected chi connectivity index (χ4v) is 4.12. The first-order chi connectivity index (χ1) is 11.1. The van der Waals surface area contributed by atoms with Crippen molar-refractivity contribution in [3.8, 4) is 0 Å². The van der Waals surface area contributed by atoms with Crippen molar-refractivity contribution in [2.24, 2.45) is 11.7 Å². The molecular formula is C18H23N3OS. The van der Waals surface area contributed by atoms with Crippen LogP contribution in [-0.2, 0) is 6.42 Å². The SMILES string of the molecule is CC(C)[C@@H]1C[C@H](NC(=O)c2csc(CCN)n2)c2ccccc21. The summed E-state index contributed by atoms with van der Waals surface area (Å²) in [5, 5.41) is 5.91. The van der Waals surface area contributed by atoms with Crippen LogP contribution in [0.5, 0.6) is 0 Å². The van der Waals surface area contributed by atoms with E-state index in [-0.39, 0.29) is 11.9 Å². The molecule has 1 heterocycles. The minimum atomic E-state index is -0.0891. The van der Waals surface area contributed by atoms with Crippen LogP contribution in [-0.4, -0.2) is 17.4 Å². The summed E-state index contributed by atoms with van der Waals surface area (Å²) in [5.74, 6) is 0.974. The number of amides is 1. The quantitative estimate of drug-likeness (QED) is 0.885. The maximum atomic E-state index is 12.5. The van der Waals surface area contributed by atoms with Gasteiger partial charge in [-0.05, 0) is 35.9 Å². The van der Waals surface area contributed by atoms with Gasteiger partial charge in [0.15, 0.2) is 0 Å². The van der Waals surface area contributed by atoms with E-state index in [0.717, 1.165) is 17.8 Å². The Hall–Kier alpha value is -1.72. The Bertz CT molecular complexity index is 695. The number of nitrogens with two attached hydrogens (primary N) is 1. The molecule has 0 fully saturated rings. The number of thiazole rings is 1. The van der Waals surface area contributed by atoms with Crippen molar-refractivity contribution < 1.29 is 4.79 Å². The standard InChI is InChI=1S/C18H23N3OS/c1-11(2)14-9-15(13-6-4-3-5-12(13)14)21-18(22)16-10-23-17(20-16)7-8-19/h3-6,10-11,14-15H,7-9,19H2,1-2H3,(H,21,22)/t14-,15-/m0/s1. The second-order valence-electron chi connectivity index (χ2n) is 6.41. The van der Waals surface area contributed by atoms with Crippen LogP contribution in [0, 0.1) is 5.92 Å². The van der Waals surface area contributed by atoms with E-state index in [9.17, 15) is 4.79 Å². The lowest BCUT2D eigenvalue weighted by atomic mass is 9.90. The van der Waals surface area contributed by atoms with Crippen LogP contribution in [0.2, 0.25) is 0 Å². The summed E-state index contributed by atoms with van der Waals surface area (Å²) in [4.78, 5) is 16.9.